The van der Waals surface area contributed by atoms with Gasteiger partial charge >= 0.3 is 0 Å². The first-order chi connectivity index (χ1) is 10.5. The minimum absolute atomic E-state index is 0.127. The number of rotatable bonds is 7. The molecule has 1 atom stereocenters. The van der Waals surface area contributed by atoms with Crippen LogP contribution in [0.5, 0.6) is 5.75 Å². The molecule has 5 heteroatoms. The van der Waals surface area contributed by atoms with E-state index < -0.39 is 11.4 Å². The van der Waals surface area contributed by atoms with Gasteiger partial charge in [0.2, 0.25) is 11.8 Å². The van der Waals surface area contributed by atoms with Gasteiger partial charge in [-0.1, -0.05) is 38.0 Å². The van der Waals surface area contributed by atoms with Crippen molar-refractivity contribution in [1.82, 2.24) is 5.32 Å². The molecule has 2 rings (SSSR count). The molecule has 1 aliphatic rings. The summed E-state index contributed by atoms with van der Waals surface area (Å²) in [4.78, 5) is 23.9. The van der Waals surface area contributed by atoms with E-state index in [9.17, 15) is 9.59 Å². The van der Waals surface area contributed by atoms with Gasteiger partial charge in [0.1, 0.15) is 11.3 Å². The largest absolute Gasteiger partial charge is 0.494 e. The highest BCUT2D eigenvalue weighted by atomic mass is 16.5. The van der Waals surface area contributed by atoms with Gasteiger partial charge in [-0.3, -0.25) is 9.59 Å². The summed E-state index contributed by atoms with van der Waals surface area (Å²) < 4.78 is 5.60. The highest BCUT2D eigenvalue weighted by Gasteiger charge is 2.41. The van der Waals surface area contributed by atoms with Gasteiger partial charge in [-0.05, 0) is 31.4 Å². The van der Waals surface area contributed by atoms with Crippen molar-refractivity contribution >= 4 is 11.8 Å². The number of primary amides is 1. The average molecular weight is 304 g/mol. The molecule has 0 spiro atoms. The second-order valence-electron chi connectivity index (χ2n) is 5.99. The molecule has 1 aromatic carbocycles. The second kappa shape index (κ2) is 7.29. The zero-order valence-corrected chi connectivity index (χ0v) is 13.0. The third-order valence-corrected chi connectivity index (χ3v) is 4.30. The number of carbonyl (C=O) groups is 2. The summed E-state index contributed by atoms with van der Waals surface area (Å²) in [5.41, 5.74) is 4.64. The van der Waals surface area contributed by atoms with Crippen molar-refractivity contribution in [3.63, 3.8) is 0 Å². The molecule has 1 aromatic rings. The smallest absolute Gasteiger partial charge is 0.243 e. The van der Waals surface area contributed by atoms with E-state index in [4.69, 9.17) is 10.5 Å². The predicted molar refractivity (Wildman–Crippen MR) is 84.3 cm³/mol. The van der Waals surface area contributed by atoms with Crippen LogP contribution >= 0.6 is 0 Å². The highest BCUT2D eigenvalue weighted by molar-refractivity contribution is 5.91. The molecule has 1 saturated carbocycles. The number of amides is 2. The van der Waals surface area contributed by atoms with Crippen LogP contribution in [0.25, 0.3) is 0 Å². The number of benzene rings is 1. The van der Waals surface area contributed by atoms with Gasteiger partial charge in [0, 0.05) is 5.92 Å². The lowest BCUT2D eigenvalue weighted by Gasteiger charge is -2.28. The fourth-order valence-electron chi connectivity index (χ4n) is 2.77. The van der Waals surface area contributed by atoms with E-state index >= 15 is 0 Å². The Labute approximate surface area is 131 Å². The van der Waals surface area contributed by atoms with Crippen LogP contribution in [-0.2, 0) is 9.59 Å². The summed E-state index contributed by atoms with van der Waals surface area (Å²) in [5, 5.41) is 2.87. The SMILES string of the molecule is C[C@H](CCOc1ccccc1)C(=O)NC1(C(N)=O)CCCC1. The summed E-state index contributed by atoms with van der Waals surface area (Å²) in [5.74, 6) is 0.0171. The van der Waals surface area contributed by atoms with Crippen molar-refractivity contribution in [3.8, 4) is 5.75 Å². The fourth-order valence-corrected chi connectivity index (χ4v) is 2.77. The van der Waals surface area contributed by atoms with Crippen LogP contribution in [0.15, 0.2) is 30.3 Å². The molecule has 0 bridgehead atoms. The summed E-state index contributed by atoms with van der Waals surface area (Å²) >= 11 is 0. The van der Waals surface area contributed by atoms with Crippen molar-refractivity contribution < 1.29 is 14.3 Å². The Balaban J connectivity index is 1.80. The minimum atomic E-state index is -0.842. The number of carbonyl (C=O) groups excluding carboxylic acids is 2. The van der Waals surface area contributed by atoms with Gasteiger partial charge in [0.25, 0.3) is 0 Å². The van der Waals surface area contributed by atoms with Crippen LogP contribution in [0.3, 0.4) is 0 Å². The summed E-state index contributed by atoms with van der Waals surface area (Å²) in [7, 11) is 0. The molecule has 0 heterocycles. The van der Waals surface area contributed by atoms with Gasteiger partial charge < -0.3 is 15.8 Å². The lowest BCUT2D eigenvalue weighted by molar-refractivity contribution is -0.133. The molecule has 1 aliphatic carbocycles. The molecule has 0 saturated heterocycles. The Morgan fingerprint density at radius 1 is 1.27 bits per heavy atom. The third-order valence-electron chi connectivity index (χ3n) is 4.30. The molecule has 2 amide bonds. The van der Waals surface area contributed by atoms with Crippen LogP contribution in [0.1, 0.15) is 39.0 Å². The van der Waals surface area contributed by atoms with Crippen molar-refractivity contribution in [2.45, 2.75) is 44.6 Å². The number of ether oxygens (including phenoxy) is 1. The van der Waals surface area contributed by atoms with Crippen LogP contribution in [0, 0.1) is 5.92 Å². The van der Waals surface area contributed by atoms with Crippen LogP contribution in [0.2, 0.25) is 0 Å². The Hall–Kier alpha value is -2.04. The number of hydrogen-bond donors (Lipinski definition) is 2. The molecule has 0 aliphatic heterocycles. The zero-order chi connectivity index (χ0) is 16.0. The van der Waals surface area contributed by atoms with Gasteiger partial charge in [-0.2, -0.15) is 0 Å². The first-order valence-corrected chi connectivity index (χ1v) is 7.83. The van der Waals surface area contributed by atoms with Crippen molar-refractivity contribution in [2.75, 3.05) is 6.61 Å². The highest BCUT2D eigenvalue weighted by Crippen LogP contribution is 2.29. The number of nitrogens with two attached hydrogens (primary N) is 1. The lowest BCUT2D eigenvalue weighted by atomic mass is 9.95. The van der Waals surface area contributed by atoms with E-state index in [0.717, 1.165) is 18.6 Å². The van der Waals surface area contributed by atoms with E-state index in [1.165, 1.54) is 0 Å². The molecular formula is C17H24N2O3. The minimum Gasteiger partial charge on any atom is -0.494 e. The number of para-hydroxylation sites is 1. The van der Waals surface area contributed by atoms with Crippen LogP contribution in [-0.4, -0.2) is 24.0 Å². The molecule has 0 unspecified atom stereocenters. The molecule has 0 radical (unpaired) electrons. The first kappa shape index (κ1) is 16.3. The number of nitrogens with one attached hydrogen (secondary N) is 1. The Bertz CT molecular complexity index is 510. The quantitative estimate of drug-likeness (QED) is 0.808. The summed E-state index contributed by atoms with van der Waals surface area (Å²) in [6.45, 7) is 2.30. The number of hydrogen-bond acceptors (Lipinski definition) is 3. The standard InChI is InChI=1S/C17H24N2O3/c1-13(9-12-22-14-7-3-2-4-8-14)15(20)19-17(16(18)21)10-5-6-11-17/h2-4,7-8,13H,5-6,9-12H2,1H3,(H2,18,21)(H,19,20)/t13-/m1/s1. The van der Waals surface area contributed by atoms with E-state index in [1.54, 1.807) is 0 Å². The average Bonchev–Trinajstić information content (AvgIpc) is 2.98. The van der Waals surface area contributed by atoms with Crippen LogP contribution in [0.4, 0.5) is 0 Å². The topological polar surface area (TPSA) is 81.4 Å². The monoisotopic (exact) mass is 304 g/mol. The third kappa shape index (κ3) is 4.00. The van der Waals surface area contributed by atoms with E-state index in [-0.39, 0.29) is 11.8 Å². The van der Waals surface area contributed by atoms with Gasteiger partial charge in [0.05, 0.1) is 6.61 Å². The van der Waals surface area contributed by atoms with Gasteiger partial charge in [-0.25, -0.2) is 0 Å². The first-order valence-electron chi connectivity index (χ1n) is 7.83. The molecule has 5 nitrogen and oxygen atoms in total. The van der Waals surface area contributed by atoms with Crippen molar-refractivity contribution in [3.05, 3.63) is 30.3 Å². The molecule has 1 fully saturated rings. The van der Waals surface area contributed by atoms with E-state index in [0.29, 0.717) is 25.9 Å². The predicted octanol–water partition coefficient (Wildman–Crippen LogP) is 2.01. The summed E-state index contributed by atoms with van der Waals surface area (Å²) in [6.07, 6.45) is 3.72. The maximum atomic E-state index is 12.3. The molecular weight excluding hydrogens is 280 g/mol. The molecule has 3 N–H and O–H groups in total. The molecule has 120 valence electrons. The van der Waals surface area contributed by atoms with Gasteiger partial charge in [0.15, 0.2) is 0 Å². The van der Waals surface area contributed by atoms with E-state index in [2.05, 4.69) is 5.32 Å². The lowest BCUT2D eigenvalue weighted by Crippen LogP contribution is -2.56. The normalized spacial score (nSPS) is 17.7. The van der Waals surface area contributed by atoms with E-state index in [1.807, 2.05) is 37.3 Å². The second-order valence-corrected chi connectivity index (χ2v) is 5.99. The maximum absolute atomic E-state index is 12.3. The van der Waals surface area contributed by atoms with Gasteiger partial charge in [-0.15, -0.1) is 0 Å². The molecule has 0 aromatic heterocycles. The van der Waals surface area contributed by atoms with Crippen LogP contribution < -0.4 is 15.8 Å². The summed E-state index contributed by atoms with van der Waals surface area (Å²) in [6, 6.07) is 9.49. The zero-order valence-electron chi connectivity index (χ0n) is 13.0. The maximum Gasteiger partial charge on any atom is 0.243 e. The van der Waals surface area contributed by atoms with Crippen molar-refractivity contribution in [2.24, 2.45) is 11.7 Å². The van der Waals surface area contributed by atoms with Crippen molar-refractivity contribution in [1.29, 1.82) is 0 Å². The Kier molecular flexibility index (Phi) is 5.41. The Morgan fingerprint density at radius 2 is 1.91 bits per heavy atom. The molecule has 22 heavy (non-hydrogen) atoms. The fraction of sp³-hybridized carbons (Fsp3) is 0.529. The Morgan fingerprint density at radius 3 is 2.50 bits per heavy atom.